The zero-order valence-electron chi connectivity index (χ0n) is 14.9. The van der Waals surface area contributed by atoms with Crippen molar-refractivity contribution < 1.29 is 14.2 Å². The summed E-state index contributed by atoms with van der Waals surface area (Å²) < 4.78 is 16.9. The molecular formula is C18H27N3O3S. The van der Waals surface area contributed by atoms with Crippen LogP contribution in [0.25, 0.3) is 0 Å². The van der Waals surface area contributed by atoms with E-state index in [9.17, 15) is 0 Å². The van der Waals surface area contributed by atoms with Crippen LogP contribution < -0.4 is 20.2 Å². The van der Waals surface area contributed by atoms with Gasteiger partial charge in [-0.2, -0.15) is 5.10 Å². The average Bonchev–Trinajstić information content (AvgIpc) is 3.13. The fraction of sp³-hybridized carbons (Fsp3) is 0.556. The molecule has 1 fully saturated rings. The van der Waals surface area contributed by atoms with Crippen LogP contribution in [0, 0.1) is 0 Å². The first-order valence-electron chi connectivity index (χ1n) is 8.81. The van der Waals surface area contributed by atoms with Gasteiger partial charge in [-0.05, 0) is 62.2 Å². The Kier molecular flexibility index (Phi) is 8.48. The molecule has 25 heavy (non-hydrogen) atoms. The van der Waals surface area contributed by atoms with Crippen molar-refractivity contribution in [1.82, 2.24) is 10.7 Å². The average molecular weight is 365 g/mol. The second-order valence-electron chi connectivity index (χ2n) is 5.70. The largest absolute Gasteiger partial charge is 0.490 e. The minimum atomic E-state index is 0.244. The fourth-order valence-electron chi connectivity index (χ4n) is 2.42. The summed E-state index contributed by atoms with van der Waals surface area (Å²) >= 11 is 5.20. The number of hydrogen-bond acceptors (Lipinski definition) is 5. The van der Waals surface area contributed by atoms with E-state index >= 15 is 0 Å². The first-order chi connectivity index (χ1) is 12.2. The molecule has 1 aromatic rings. The van der Waals surface area contributed by atoms with E-state index in [0.717, 1.165) is 42.9 Å². The molecule has 2 rings (SSSR count). The van der Waals surface area contributed by atoms with E-state index in [1.54, 1.807) is 6.21 Å². The second-order valence-corrected chi connectivity index (χ2v) is 6.11. The van der Waals surface area contributed by atoms with E-state index in [2.05, 4.69) is 22.8 Å². The lowest BCUT2D eigenvalue weighted by molar-refractivity contribution is 0.114. The van der Waals surface area contributed by atoms with E-state index in [4.69, 9.17) is 26.4 Å². The van der Waals surface area contributed by atoms with E-state index in [1.165, 1.54) is 0 Å². The molecule has 0 spiro atoms. The number of ether oxygens (including phenoxy) is 3. The lowest BCUT2D eigenvalue weighted by Crippen LogP contribution is -2.37. The molecule has 0 aromatic heterocycles. The molecule has 1 aliphatic heterocycles. The summed E-state index contributed by atoms with van der Waals surface area (Å²) in [7, 11) is 0. The number of nitrogens with one attached hydrogen (secondary N) is 2. The Morgan fingerprint density at radius 1 is 1.36 bits per heavy atom. The monoisotopic (exact) mass is 365 g/mol. The molecule has 0 saturated carbocycles. The Hall–Kier alpha value is -1.86. The summed E-state index contributed by atoms with van der Waals surface area (Å²) in [4.78, 5) is 0. The van der Waals surface area contributed by atoms with Crippen LogP contribution in [0.15, 0.2) is 23.3 Å². The molecule has 6 nitrogen and oxygen atoms in total. The third-order valence-electron chi connectivity index (χ3n) is 3.62. The van der Waals surface area contributed by atoms with Crippen LogP contribution in [0.2, 0.25) is 0 Å². The normalized spacial score (nSPS) is 16.8. The molecule has 0 unspecified atom stereocenters. The maximum atomic E-state index is 5.69. The number of hydrogen-bond donors (Lipinski definition) is 2. The summed E-state index contributed by atoms with van der Waals surface area (Å²) in [6.07, 6.45) is 5.09. The third-order valence-corrected chi connectivity index (χ3v) is 3.86. The van der Waals surface area contributed by atoms with Crippen LogP contribution in [-0.4, -0.2) is 43.8 Å². The zero-order chi connectivity index (χ0) is 17.9. The summed E-state index contributed by atoms with van der Waals surface area (Å²) in [5.41, 5.74) is 3.72. The summed E-state index contributed by atoms with van der Waals surface area (Å²) in [6, 6.07) is 5.74. The minimum Gasteiger partial charge on any atom is -0.490 e. The maximum Gasteiger partial charge on any atom is 0.187 e. The third kappa shape index (κ3) is 6.88. The van der Waals surface area contributed by atoms with Crippen molar-refractivity contribution in [3.8, 4) is 11.5 Å². The predicted octanol–water partition coefficient (Wildman–Crippen LogP) is 2.85. The summed E-state index contributed by atoms with van der Waals surface area (Å²) in [6.45, 7) is 6.81. The molecule has 0 bridgehead atoms. The van der Waals surface area contributed by atoms with Gasteiger partial charge < -0.3 is 19.5 Å². The van der Waals surface area contributed by atoms with Gasteiger partial charge in [-0.15, -0.1) is 0 Å². The zero-order valence-corrected chi connectivity index (χ0v) is 15.7. The predicted molar refractivity (Wildman–Crippen MR) is 104 cm³/mol. The van der Waals surface area contributed by atoms with Crippen molar-refractivity contribution in [3.63, 3.8) is 0 Å². The topological polar surface area (TPSA) is 64.1 Å². The van der Waals surface area contributed by atoms with Crippen molar-refractivity contribution in [2.45, 2.75) is 39.2 Å². The molecule has 0 amide bonds. The molecule has 0 aliphatic carbocycles. The molecule has 1 heterocycles. The van der Waals surface area contributed by atoms with Crippen molar-refractivity contribution in [2.24, 2.45) is 5.10 Å². The molecule has 138 valence electrons. The van der Waals surface area contributed by atoms with E-state index < -0.39 is 0 Å². The number of thiocarbonyl (C=S) groups is 1. The fourth-order valence-corrected chi connectivity index (χ4v) is 2.56. The van der Waals surface area contributed by atoms with Gasteiger partial charge in [0, 0.05) is 13.2 Å². The Bertz CT molecular complexity index is 575. The van der Waals surface area contributed by atoms with Crippen LogP contribution in [0.3, 0.4) is 0 Å². The molecule has 1 aromatic carbocycles. The second kappa shape index (κ2) is 10.9. The number of nitrogens with zero attached hydrogens (tertiary/aromatic N) is 1. The number of hydrazone groups is 1. The van der Waals surface area contributed by atoms with Crippen LogP contribution in [-0.2, 0) is 4.74 Å². The smallest absolute Gasteiger partial charge is 0.187 e. The van der Waals surface area contributed by atoms with Gasteiger partial charge in [-0.1, -0.05) is 6.92 Å². The number of rotatable bonds is 9. The molecule has 1 aliphatic rings. The molecule has 2 N–H and O–H groups in total. The number of benzene rings is 1. The van der Waals surface area contributed by atoms with Crippen LogP contribution >= 0.6 is 12.2 Å². The molecule has 1 atom stereocenters. The highest BCUT2D eigenvalue weighted by Crippen LogP contribution is 2.28. The van der Waals surface area contributed by atoms with E-state index in [-0.39, 0.29) is 6.10 Å². The highest BCUT2D eigenvalue weighted by atomic mass is 32.1. The Morgan fingerprint density at radius 3 is 2.96 bits per heavy atom. The first kappa shape index (κ1) is 19.5. The summed E-state index contributed by atoms with van der Waals surface area (Å²) in [5.74, 6) is 1.47. The van der Waals surface area contributed by atoms with Gasteiger partial charge in [0.05, 0.1) is 25.5 Å². The first-order valence-corrected chi connectivity index (χ1v) is 9.22. The van der Waals surface area contributed by atoms with Crippen molar-refractivity contribution in [3.05, 3.63) is 23.8 Å². The van der Waals surface area contributed by atoms with Gasteiger partial charge in [0.2, 0.25) is 0 Å². The SMILES string of the molecule is CCCOc1ccc(/C=N\NC(=S)NC[C@@H]2CCCO2)cc1OCC. The standard InChI is InChI=1S/C18H27N3O3S/c1-3-9-24-16-8-7-14(11-17(16)22-4-2)12-20-21-18(25)19-13-15-6-5-10-23-15/h7-8,11-12,15H,3-6,9-10,13H2,1-2H3,(H2,19,21,25)/b20-12-/t15-/m0/s1. The summed E-state index contributed by atoms with van der Waals surface area (Å²) in [5, 5.41) is 7.76. The Morgan fingerprint density at radius 2 is 2.24 bits per heavy atom. The quantitative estimate of drug-likeness (QED) is 0.399. The van der Waals surface area contributed by atoms with Gasteiger partial charge in [0.1, 0.15) is 0 Å². The van der Waals surface area contributed by atoms with Gasteiger partial charge in [-0.25, -0.2) is 0 Å². The van der Waals surface area contributed by atoms with Crippen LogP contribution in [0.5, 0.6) is 11.5 Å². The minimum absolute atomic E-state index is 0.244. The lowest BCUT2D eigenvalue weighted by Gasteiger charge is -2.12. The van der Waals surface area contributed by atoms with Crippen molar-refractivity contribution >= 4 is 23.5 Å². The van der Waals surface area contributed by atoms with Crippen LogP contribution in [0.1, 0.15) is 38.7 Å². The maximum absolute atomic E-state index is 5.69. The molecule has 0 radical (unpaired) electrons. The van der Waals surface area contributed by atoms with E-state index in [0.29, 0.717) is 24.9 Å². The highest BCUT2D eigenvalue weighted by molar-refractivity contribution is 7.80. The van der Waals surface area contributed by atoms with Gasteiger partial charge >= 0.3 is 0 Å². The van der Waals surface area contributed by atoms with Gasteiger partial charge in [-0.3, -0.25) is 5.43 Å². The van der Waals surface area contributed by atoms with Gasteiger partial charge in [0.25, 0.3) is 0 Å². The molecule has 7 heteroatoms. The molecule has 1 saturated heterocycles. The lowest BCUT2D eigenvalue weighted by atomic mass is 10.2. The van der Waals surface area contributed by atoms with Crippen molar-refractivity contribution in [1.29, 1.82) is 0 Å². The van der Waals surface area contributed by atoms with E-state index in [1.807, 2.05) is 25.1 Å². The highest BCUT2D eigenvalue weighted by Gasteiger charge is 2.15. The van der Waals surface area contributed by atoms with Gasteiger partial charge in [0.15, 0.2) is 16.6 Å². The van der Waals surface area contributed by atoms with Crippen molar-refractivity contribution in [2.75, 3.05) is 26.4 Å². The van der Waals surface area contributed by atoms with Crippen LogP contribution in [0.4, 0.5) is 0 Å². The Balaban J connectivity index is 1.84. The Labute approximate surface area is 154 Å². The molecular weight excluding hydrogens is 338 g/mol.